The number of benzene rings is 2. The summed E-state index contributed by atoms with van der Waals surface area (Å²) < 4.78 is 80.8. The van der Waals surface area contributed by atoms with Crippen LogP contribution in [0, 0.1) is 29.4 Å². The predicted molar refractivity (Wildman–Crippen MR) is 174 cm³/mol. The van der Waals surface area contributed by atoms with Gasteiger partial charge in [0.15, 0.2) is 5.82 Å². The first-order valence-electron chi connectivity index (χ1n) is 16.8. The number of likely N-dealkylation sites (tertiary alicyclic amines) is 1. The third-order valence-corrected chi connectivity index (χ3v) is 10.3. The van der Waals surface area contributed by atoms with Gasteiger partial charge in [-0.05, 0) is 50.0 Å². The molecule has 0 amide bonds. The van der Waals surface area contributed by atoms with E-state index in [1.54, 1.807) is 24.3 Å². The van der Waals surface area contributed by atoms with E-state index in [1.165, 1.54) is 6.07 Å². The summed E-state index contributed by atoms with van der Waals surface area (Å²) in [5.74, 6) is 1.77. The van der Waals surface area contributed by atoms with Crippen molar-refractivity contribution in [2.75, 3.05) is 50.8 Å². The Hall–Kier alpha value is -4.12. The second-order valence-electron chi connectivity index (χ2n) is 13.7. The van der Waals surface area contributed by atoms with Gasteiger partial charge in [0, 0.05) is 61.7 Å². The molecule has 0 radical (unpaired) electrons. The first-order chi connectivity index (χ1) is 23.6. The molecule has 3 aliphatic heterocycles. The van der Waals surface area contributed by atoms with Gasteiger partial charge in [0.2, 0.25) is 0 Å². The number of nitrogens with one attached hydrogen (secondary N) is 1. The highest BCUT2D eigenvalue weighted by molar-refractivity contribution is 6.02. The van der Waals surface area contributed by atoms with Crippen LogP contribution in [-0.2, 0) is 11.2 Å². The van der Waals surface area contributed by atoms with Crippen LogP contribution in [0.25, 0.3) is 32.9 Å². The Morgan fingerprint density at radius 3 is 2.69 bits per heavy atom. The van der Waals surface area contributed by atoms with E-state index in [9.17, 15) is 17.6 Å². The molecule has 1 aliphatic carbocycles. The number of aryl methyl sites for hydroxylation is 1. The van der Waals surface area contributed by atoms with Crippen molar-refractivity contribution < 1.29 is 31.4 Å². The van der Waals surface area contributed by atoms with Crippen molar-refractivity contribution in [1.82, 2.24) is 25.2 Å². The summed E-state index contributed by atoms with van der Waals surface area (Å²) in [6, 6.07) is 8.36. The molecule has 2 aromatic heterocycles. The summed E-state index contributed by atoms with van der Waals surface area (Å²) in [6.07, 6.45) is 4.47. The van der Waals surface area contributed by atoms with Gasteiger partial charge in [-0.25, -0.2) is 13.8 Å². The zero-order valence-electron chi connectivity index (χ0n) is 26.8. The molecule has 3 fully saturated rings. The molecule has 256 valence electrons. The van der Waals surface area contributed by atoms with Crippen LogP contribution < -0.4 is 15.0 Å². The molecule has 1 saturated carbocycles. The number of anilines is 1. The summed E-state index contributed by atoms with van der Waals surface area (Å²) in [4.78, 5) is 18.6. The van der Waals surface area contributed by atoms with E-state index < -0.39 is 24.1 Å². The summed E-state index contributed by atoms with van der Waals surface area (Å²) >= 11 is 0. The lowest BCUT2D eigenvalue weighted by molar-refractivity contribution is -0.340. The molecule has 0 bridgehead atoms. The minimum absolute atomic E-state index is 0.0293. The van der Waals surface area contributed by atoms with Crippen molar-refractivity contribution in [3.05, 3.63) is 53.2 Å². The molecule has 5 heterocycles. The minimum atomic E-state index is -4.66. The third-order valence-electron chi connectivity index (χ3n) is 10.3. The largest absolute Gasteiger partial charge is 0.522 e. The first-order valence-corrected chi connectivity index (χ1v) is 16.8. The quantitative estimate of drug-likeness (QED) is 0.189. The maximum absolute atomic E-state index is 17.0. The normalized spacial score (nSPS) is 22.1. The molecule has 2 aromatic carbocycles. The lowest BCUT2D eigenvalue weighted by atomic mass is 9.94. The van der Waals surface area contributed by atoms with Crippen LogP contribution in [0.3, 0.4) is 0 Å². The zero-order valence-corrected chi connectivity index (χ0v) is 26.8. The van der Waals surface area contributed by atoms with Crippen molar-refractivity contribution in [3.63, 3.8) is 0 Å². The van der Waals surface area contributed by atoms with Crippen molar-refractivity contribution >= 4 is 27.5 Å². The van der Waals surface area contributed by atoms with Gasteiger partial charge in [0.05, 0.1) is 29.4 Å². The van der Waals surface area contributed by atoms with Gasteiger partial charge in [-0.3, -0.25) is 9.64 Å². The first kappa shape index (κ1) is 32.1. The number of halogens is 5. The van der Waals surface area contributed by atoms with Crippen molar-refractivity contribution in [2.45, 2.75) is 57.0 Å². The minimum Gasteiger partial charge on any atom is -0.463 e. The van der Waals surface area contributed by atoms with Gasteiger partial charge in [0.25, 0.3) is 0 Å². The summed E-state index contributed by atoms with van der Waals surface area (Å²) in [6.45, 7) is 3.67. The van der Waals surface area contributed by atoms with E-state index in [0.29, 0.717) is 65.7 Å². The Labute approximate surface area is 280 Å². The van der Waals surface area contributed by atoms with Gasteiger partial charge >= 0.3 is 12.4 Å². The van der Waals surface area contributed by atoms with E-state index in [1.807, 2.05) is 4.90 Å². The number of hydrogen-bond donors (Lipinski definition) is 1. The van der Waals surface area contributed by atoms with Crippen LogP contribution in [-0.4, -0.2) is 84.2 Å². The molecular formula is C36H35F5N6O2. The standard InChI is InChI=1S/C36H35F5N6O2/c1-2-24-26(37)10-9-21-5-3-7-25(28(21)24)31-30(38)32-29-27(43-31)8-4-6-22-17-42-14-16-47(22)33(29)45-34(44-32)48-20-35(12-13-35)19-46-15-11-23(18-46)49-36(39,40)41/h1,3,5,7,9-10,22-23,42H,4,6,8,11-20H2. The Balaban J connectivity index is 1.18. The van der Waals surface area contributed by atoms with E-state index in [-0.39, 0.29) is 47.4 Å². The molecule has 4 aromatic rings. The number of fused-ring (bicyclic) bond motifs is 3. The van der Waals surface area contributed by atoms with Gasteiger partial charge in [-0.15, -0.1) is 19.6 Å². The van der Waals surface area contributed by atoms with E-state index in [4.69, 9.17) is 21.1 Å². The number of aromatic nitrogens is 3. The lowest BCUT2D eigenvalue weighted by Gasteiger charge is -2.39. The summed E-state index contributed by atoms with van der Waals surface area (Å²) in [5.41, 5.74) is 0.917. The molecule has 2 saturated heterocycles. The number of pyridine rings is 1. The number of hydrogen-bond acceptors (Lipinski definition) is 8. The molecular weight excluding hydrogens is 643 g/mol. The molecule has 1 N–H and O–H groups in total. The Kier molecular flexibility index (Phi) is 8.08. The van der Waals surface area contributed by atoms with Crippen molar-refractivity contribution in [1.29, 1.82) is 0 Å². The fourth-order valence-electron chi connectivity index (χ4n) is 7.78. The van der Waals surface area contributed by atoms with Crippen LogP contribution in [0.5, 0.6) is 6.01 Å². The molecule has 0 spiro atoms. The maximum Gasteiger partial charge on any atom is 0.522 e. The predicted octanol–water partition coefficient (Wildman–Crippen LogP) is 5.99. The topological polar surface area (TPSA) is 75.6 Å². The average Bonchev–Trinajstić information content (AvgIpc) is 3.71. The second kappa shape index (κ2) is 12.3. The average molecular weight is 679 g/mol. The van der Waals surface area contributed by atoms with Gasteiger partial charge in [-0.1, -0.05) is 30.2 Å². The third kappa shape index (κ3) is 6.15. The Bertz CT molecular complexity index is 1980. The monoisotopic (exact) mass is 678 g/mol. The SMILES string of the molecule is C#Cc1c(F)ccc2cccc(-c3nc4c5c(nc(OCC6(CN7CCC(OC(F)(F)F)C7)CC6)nc5c3F)N3CCNCC3CCC4)c12. The number of terminal acetylenes is 1. The summed E-state index contributed by atoms with van der Waals surface area (Å²) in [7, 11) is 0. The highest BCUT2D eigenvalue weighted by atomic mass is 19.4. The number of alkyl halides is 3. The van der Waals surface area contributed by atoms with Crippen LogP contribution in [0.4, 0.5) is 27.8 Å². The van der Waals surface area contributed by atoms with Gasteiger partial charge < -0.3 is 15.0 Å². The van der Waals surface area contributed by atoms with Crippen LogP contribution >= 0.6 is 0 Å². The smallest absolute Gasteiger partial charge is 0.463 e. The van der Waals surface area contributed by atoms with E-state index >= 15 is 4.39 Å². The molecule has 49 heavy (non-hydrogen) atoms. The van der Waals surface area contributed by atoms with Crippen molar-refractivity contribution in [2.24, 2.45) is 5.41 Å². The van der Waals surface area contributed by atoms with E-state index in [2.05, 4.69) is 25.9 Å². The summed E-state index contributed by atoms with van der Waals surface area (Å²) in [5, 5.41) is 5.06. The fourth-order valence-corrected chi connectivity index (χ4v) is 7.78. The lowest BCUT2D eigenvalue weighted by Crippen LogP contribution is -2.52. The molecule has 4 aliphatic rings. The highest BCUT2D eigenvalue weighted by Crippen LogP contribution is 2.47. The molecule has 13 heteroatoms. The van der Waals surface area contributed by atoms with Gasteiger partial charge in [-0.2, -0.15) is 9.97 Å². The van der Waals surface area contributed by atoms with Crippen LogP contribution in [0.2, 0.25) is 0 Å². The van der Waals surface area contributed by atoms with E-state index in [0.717, 1.165) is 38.8 Å². The van der Waals surface area contributed by atoms with Gasteiger partial charge in [0.1, 0.15) is 22.8 Å². The second-order valence-corrected chi connectivity index (χ2v) is 13.7. The zero-order chi connectivity index (χ0) is 33.9. The molecule has 2 atom stereocenters. The number of piperazine rings is 1. The molecule has 8 nitrogen and oxygen atoms in total. The Morgan fingerprint density at radius 2 is 1.90 bits per heavy atom. The number of nitrogens with zero attached hydrogens (tertiary/aromatic N) is 5. The molecule has 8 rings (SSSR count). The van der Waals surface area contributed by atoms with Crippen LogP contribution in [0.15, 0.2) is 30.3 Å². The molecule has 2 unspecified atom stereocenters. The van der Waals surface area contributed by atoms with Crippen molar-refractivity contribution in [3.8, 4) is 29.6 Å². The van der Waals surface area contributed by atoms with Crippen LogP contribution in [0.1, 0.15) is 43.4 Å². The fraction of sp³-hybridized carbons (Fsp3) is 0.472. The maximum atomic E-state index is 17.0. The number of ether oxygens (including phenoxy) is 2. The number of rotatable bonds is 7. The highest BCUT2D eigenvalue weighted by Gasteiger charge is 2.47. The Morgan fingerprint density at radius 1 is 1.04 bits per heavy atom.